The Bertz CT molecular complexity index is 1810. The molecule has 1 saturated heterocycles. The molecule has 2 N–H and O–H groups in total. The number of aromatic nitrogens is 1. The minimum Gasteiger partial charge on any atom is -0.497 e. The van der Waals surface area contributed by atoms with Crippen LogP contribution in [0, 0.1) is 0 Å². The van der Waals surface area contributed by atoms with Crippen LogP contribution in [0.15, 0.2) is 95.6 Å². The van der Waals surface area contributed by atoms with Crippen LogP contribution in [0.3, 0.4) is 0 Å². The summed E-state index contributed by atoms with van der Waals surface area (Å²) in [4.78, 5) is 47.9. The number of rotatable bonds is 6. The normalized spacial score (nSPS) is 18.0. The molecule has 0 unspecified atom stereocenters. The lowest BCUT2D eigenvalue weighted by atomic mass is 9.89. The lowest BCUT2D eigenvalue weighted by Gasteiger charge is -2.36. The van der Waals surface area contributed by atoms with Crippen molar-refractivity contribution in [3.63, 3.8) is 0 Å². The lowest BCUT2D eigenvalue weighted by Crippen LogP contribution is -2.44. The highest BCUT2D eigenvalue weighted by molar-refractivity contribution is 6.24. The zero-order valence-electron chi connectivity index (χ0n) is 22.2. The average Bonchev–Trinajstić information content (AvgIpc) is 3.72. The standard InChI is InChI=1S/C32H26N4O5/c1-40-20-9-6-8-19(16-20)29-28-24(22-11-2-4-13-25(22)34-28)17-27-31(38)36(32(39)35(27)29)26-14-5-3-12-23(26)30(37)33-18-21-10-7-15-41-21/h2-16,27,29,34H,17-18H2,1H3,(H,33,37)/t27-,29+/m0/s1. The third-order valence-electron chi connectivity index (χ3n) is 7.85. The number of anilines is 1. The van der Waals surface area contributed by atoms with E-state index >= 15 is 0 Å². The first kappa shape index (κ1) is 24.7. The second kappa shape index (κ2) is 9.71. The number of amides is 4. The van der Waals surface area contributed by atoms with Gasteiger partial charge in [-0.2, -0.15) is 0 Å². The van der Waals surface area contributed by atoms with Crippen molar-refractivity contribution < 1.29 is 23.5 Å². The molecule has 2 aliphatic rings. The Hall–Kier alpha value is -5.31. The van der Waals surface area contributed by atoms with E-state index in [-0.39, 0.29) is 23.7 Å². The molecule has 0 spiro atoms. The van der Waals surface area contributed by atoms with Crippen molar-refractivity contribution in [1.82, 2.24) is 15.2 Å². The molecule has 7 rings (SSSR count). The molecule has 0 bridgehead atoms. The second-order valence-electron chi connectivity index (χ2n) is 10.1. The number of para-hydroxylation sites is 2. The maximum absolute atomic E-state index is 14.3. The molecule has 2 aliphatic heterocycles. The summed E-state index contributed by atoms with van der Waals surface area (Å²) in [6.07, 6.45) is 1.89. The van der Waals surface area contributed by atoms with E-state index in [0.717, 1.165) is 32.6 Å². The highest BCUT2D eigenvalue weighted by atomic mass is 16.5. The summed E-state index contributed by atoms with van der Waals surface area (Å²) in [6.45, 7) is 0.177. The molecule has 204 valence electrons. The Balaban J connectivity index is 1.31. The summed E-state index contributed by atoms with van der Waals surface area (Å²) in [5, 5.41) is 3.84. The molecule has 0 aliphatic carbocycles. The van der Waals surface area contributed by atoms with Gasteiger partial charge in [0.1, 0.15) is 23.6 Å². The van der Waals surface area contributed by atoms with Crippen LogP contribution in [0.4, 0.5) is 10.5 Å². The number of urea groups is 1. The van der Waals surface area contributed by atoms with Crippen LogP contribution in [0.5, 0.6) is 5.75 Å². The van der Waals surface area contributed by atoms with E-state index < -0.39 is 24.0 Å². The Morgan fingerprint density at radius 1 is 1.02 bits per heavy atom. The number of methoxy groups -OCH3 is 1. The number of furan rings is 1. The molecule has 0 radical (unpaired) electrons. The van der Waals surface area contributed by atoms with Gasteiger partial charge in [0, 0.05) is 23.0 Å². The van der Waals surface area contributed by atoms with Crippen LogP contribution in [0.2, 0.25) is 0 Å². The van der Waals surface area contributed by atoms with Crippen LogP contribution in [0.25, 0.3) is 10.9 Å². The number of nitrogens with zero attached hydrogens (tertiary/aromatic N) is 2. The van der Waals surface area contributed by atoms with Gasteiger partial charge in [0.2, 0.25) is 0 Å². The maximum atomic E-state index is 14.3. The minimum atomic E-state index is -0.746. The SMILES string of the molecule is COc1cccc([C@@H]2c3[nH]c4ccccc4c3C[C@H]3C(=O)N(c4ccccc4C(=O)NCc4ccco4)C(=O)N23)c1. The quantitative estimate of drug-likeness (QED) is 0.285. The molecule has 1 fully saturated rings. The number of carbonyl (C=O) groups excluding carboxylic acids is 3. The Morgan fingerprint density at radius 3 is 2.68 bits per heavy atom. The third kappa shape index (κ3) is 3.97. The number of imide groups is 1. The smallest absolute Gasteiger partial charge is 0.332 e. The van der Waals surface area contributed by atoms with Crippen molar-refractivity contribution >= 4 is 34.4 Å². The molecule has 9 nitrogen and oxygen atoms in total. The first-order chi connectivity index (χ1) is 20.0. The number of H-pyrrole nitrogens is 1. The van der Waals surface area contributed by atoms with Gasteiger partial charge in [0.15, 0.2) is 0 Å². The molecule has 4 heterocycles. The van der Waals surface area contributed by atoms with Crippen molar-refractivity contribution in [2.24, 2.45) is 0 Å². The van der Waals surface area contributed by atoms with Crippen LogP contribution in [-0.4, -0.2) is 40.9 Å². The number of aromatic amines is 1. The van der Waals surface area contributed by atoms with Gasteiger partial charge in [0.25, 0.3) is 11.8 Å². The Morgan fingerprint density at radius 2 is 1.85 bits per heavy atom. The largest absolute Gasteiger partial charge is 0.497 e. The van der Waals surface area contributed by atoms with Crippen LogP contribution in [0.1, 0.15) is 39.0 Å². The number of nitrogens with one attached hydrogen (secondary N) is 2. The predicted molar refractivity (Wildman–Crippen MR) is 152 cm³/mol. The Kier molecular flexibility index (Phi) is 5.85. The van der Waals surface area contributed by atoms with E-state index in [0.29, 0.717) is 17.9 Å². The fourth-order valence-corrected chi connectivity index (χ4v) is 5.99. The van der Waals surface area contributed by atoms with Gasteiger partial charge in [-0.25, -0.2) is 9.69 Å². The lowest BCUT2D eigenvalue weighted by molar-refractivity contribution is -0.120. The van der Waals surface area contributed by atoms with Crippen LogP contribution >= 0.6 is 0 Å². The zero-order valence-corrected chi connectivity index (χ0v) is 22.2. The molecular weight excluding hydrogens is 520 g/mol. The van der Waals surface area contributed by atoms with Crippen LogP contribution in [-0.2, 0) is 17.8 Å². The number of hydrogen-bond acceptors (Lipinski definition) is 5. The molecule has 2 aromatic heterocycles. The fraction of sp³-hybridized carbons (Fsp3) is 0.156. The predicted octanol–water partition coefficient (Wildman–Crippen LogP) is 5.18. The summed E-state index contributed by atoms with van der Waals surface area (Å²) in [5.74, 6) is 0.458. The number of fused-ring (bicyclic) bond motifs is 4. The molecular formula is C32H26N4O5. The molecule has 3 aromatic carbocycles. The number of hydrogen-bond donors (Lipinski definition) is 2. The van der Waals surface area contributed by atoms with Crippen molar-refractivity contribution in [3.8, 4) is 5.75 Å². The van der Waals surface area contributed by atoms with Gasteiger partial charge in [0.05, 0.1) is 31.2 Å². The van der Waals surface area contributed by atoms with Crippen molar-refractivity contribution in [1.29, 1.82) is 0 Å². The first-order valence-electron chi connectivity index (χ1n) is 13.3. The third-order valence-corrected chi connectivity index (χ3v) is 7.85. The van der Waals surface area contributed by atoms with Crippen molar-refractivity contribution in [2.75, 3.05) is 12.0 Å². The molecule has 2 atom stereocenters. The monoisotopic (exact) mass is 546 g/mol. The highest BCUT2D eigenvalue weighted by Crippen LogP contribution is 2.45. The number of ether oxygens (including phenoxy) is 1. The average molecular weight is 547 g/mol. The molecule has 0 saturated carbocycles. The van der Waals surface area contributed by atoms with Gasteiger partial charge in [-0.15, -0.1) is 0 Å². The maximum Gasteiger partial charge on any atom is 0.332 e. The van der Waals surface area contributed by atoms with E-state index in [1.54, 1.807) is 48.4 Å². The number of carbonyl (C=O) groups is 3. The van der Waals surface area contributed by atoms with Gasteiger partial charge >= 0.3 is 6.03 Å². The summed E-state index contributed by atoms with van der Waals surface area (Å²) in [5.41, 5.74) is 4.09. The highest BCUT2D eigenvalue weighted by Gasteiger charge is 2.53. The molecule has 5 aromatic rings. The van der Waals surface area contributed by atoms with E-state index in [1.807, 2.05) is 48.5 Å². The van der Waals surface area contributed by atoms with Gasteiger partial charge in [-0.3, -0.25) is 14.5 Å². The molecule has 4 amide bonds. The summed E-state index contributed by atoms with van der Waals surface area (Å²) < 4.78 is 10.8. The van der Waals surface area contributed by atoms with E-state index in [4.69, 9.17) is 9.15 Å². The van der Waals surface area contributed by atoms with Crippen molar-refractivity contribution in [2.45, 2.75) is 25.0 Å². The minimum absolute atomic E-state index is 0.177. The van der Waals surface area contributed by atoms with Gasteiger partial charge < -0.3 is 19.5 Å². The molecule has 41 heavy (non-hydrogen) atoms. The number of benzene rings is 3. The van der Waals surface area contributed by atoms with Gasteiger partial charge in [-0.1, -0.05) is 42.5 Å². The first-order valence-corrected chi connectivity index (χ1v) is 13.3. The summed E-state index contributed by atoms with van der Waals surface area (Å²) in [7, 11) is 1.59. The fourth-order valence-electron chi connectivity index (χ4n) is 5.99. The Labute approximate surface area is 235 Å². The zero-order chi connectivity index (χ0) is 28.1. The van der Waals surface area contributed by atoms with E-state index in [2.05, 4.69) is 10.3 Å². The summed E-state index contributed by atoms with van der Waals surface area (Å²) in [6, 6.07) is 23.9. The van der Waals surface area contributed by atoms with E-state index in [1.165, 1.54) is 6.26 Å². The van der Waals surface area contributed by atoms with Gasteiger partial charge in [-0.05, 0) is 53.6 Å². The van der Waals surface area contributed by atoms with Crippen molar-refractivity contribution in [3.05, 3.63) is 119 Å². The topological polar surface area (TPSA) is 108 Å². The second-order valence-corrected chi connectivity index (χ2v) is 10.1. The molecule has 9 heteroatoms. The summed E-state index contributed by atoms with van der Waals surface area (Å²) >= 11 is 0. The van der Waals surface area contributed by atoms with Crippen LogP contribution < -0.4 is 15.0 Å². The van der Waals surface area contributed by atoms with E-state index in [9.17, 15) is 14.4 Å².